The Hall–Kier alpha value is -2.15. The monoisotopic (exact) mass is 319 g/mol. The Bertz CT molecular complexity index is 789. The number of primary amides is 1. The van der Waals surface area contributed by atoms with Crippen molar-refractivity contribution >= 4 is 32.7 Å². The Morgan fingerprint density at radius 1 is 1.47 bits per heavy atom. The molecule has 0 saturated heterocycles. The molecule has 3 aromatic rings. The Balaban J connectivity index is 2.28. The minimum absolute atomic E-state index is 0.369. The highest BCUT2D eigenvalue weighted by Gasteiger charge is 2.14. The number of carbonyl (C=O) groups is 1. The number of nitrogens with one attached hydrogen (secondary N) is 1. The van der Waals surface area contributed by atoms with E-state index in [9.17, 15) is 4.79 Å². The standard InChI is InChI=1S/C12H10BrN5O/c1-18-5-6(3-16-18)9-2-7-10(17-9)8(12(14)19)4-15-11(7)13/h2-5,17H,1H3,(H2,14,19). The number of carbonyl (C=O) groups excluding carboxylic acids is 1. The zero-order valence-corrected chi connectivity index (χ0v) is 11.6. The van der Waals surface area contributed by atoms with Gasteiger partial charge in [0.05, 0.1) is 17.3 Å². The summed E-state index contributed by atoms with van der Waals surface area (Å²) >= 11 is 3.37. The number of H-pyrrole nitrogens is 1. The van der Waals surface area contributed by atoms with Gasteiger partial charge in [-0.1, -0.05) is 0 Å². The quantitative estimate of drug-likeness (QED) is 0.706. The Kier molecular flexibility index (Phi) is 2.63. The molecule has 3 aromatic heterocycles. The number of fused-ring (bicyclic) bond motifs is 1. The van der Waals surface area contributed by atoms with Gasteiger partial charge in [0, 0.05) is 36.1 Å². The average Bonchev–Trinajstić information content (AvgIpc) is 2.95. The first kappa shape index (κ1) is 11.9. The van der Waals surface area contributed by atoms with Gasteiger partial charge < -0.3 is 10.7 Å². The molecule has 0 bridgehead atoms. The fourth-order valence-electron chi connectivity index (χ4n) is 1.99. The third kappa shape index (κ3) is 1.91. The van der Waals surface area contributed by atoms with Gasteiger partial charge in [0.25, 0.3) is 5.91 Å². The highest BCUT2D eigenvalue weighted by Crippen LogP contribution is 2.29. The summed E-state index contributed by atoms with van der Waals surface area (Å²) in [7, 11) is 1.85. The first-order chi connectivity index (χ1) is 9.06. The number of nitrogens with zero attached hydrogens (tertiary/aromatic N) is 3. The molecule has 3 rings (SSSR count). The third-order valence-corrected chi connectivity index (χ3v) is 3.53. The van der Waals surface area contributed by atoms with Gasteiger partial charge in [0.2, 0.25) is 0 Å². The van der Waals surface area contributed by atoms with E-state index < -0.39 is 5.91 Å². The summed E-state index contributed by atoms with van der Waals surface area (Å²) in [5, 5.41) is 4.94. The number of hydrogen-bond donors (Lipinski definition) is 2. The van der Waals surface area contributed by atoms with Gasteiger partial charge in [0.1, 0.15) is 4.60 Å². The number of nitrogens with two attached hydrogens (primary N) is 1. The summed E-state index contributed by atoms with van der Waals surface area (Å²) in [5.74, 6) is -0.510. The van der Waals surface area contributed by atoms with Crippen molar-refractivity contribution in [3.05, 3.63) is 34.8 Å². The summed E-state index contributed by atoms with van der Waals surface area (Å²) in [5.41, 5.74) is 8.19. The van der Waals surface area contributed by atoms with Crippen LogP contribution in [-0.4, -0.2) is 25.7 Å². The van der Waals surface area contributed by atoms with Crippen LogP contribution in [0.25, 0.3) is 22.2 Å². The first-order valence-electron chi connectivity index (χ1n) is 5.52. The number of amides is 1. The zero-order chi connectivity index (χ0) is 13.6. The molecular formula is C12H10BrN5O. The molecule has 1 amide bonds. The van der Waals surface area contributed by atoms with Crippen molar-refractivity contribution in [2.75, 3.05) is 0 Å². The molecule has 7 heteroatoms. The number of pyridine rings is 1. The minimum atomic E-state index is -0.510. The van der Waals surface area contributed by atoms with Crippen LogP contribution < -0.4 is 5.73 Å². The molecule has 0 unspecified atom stereocenters. The van der Waals surface area contributed by atoms with Gasteiger partial charge in [-0.15, -0.1) is 0 Å². The molecule has 3 heterocycles. The largest absolute Gasteiger partial charge is 0.365 e. The number of aryl methyl sites for hydroxylation is 1. The molecule has 0 aliphatic rings. The molecule has 6 nitrogen and oxygen atoms in total. The molecule has 0 fully saturated rings. The third-order valence-electron chi connectivity index (χ3n) is 2.90. The van der Waals surface area contributed by atoms with E-state index in [0.29, 0.717) is 15.7 Å². The van der Waals surface area contributed by atoms with E-state index in [1.165, 1.54) is 6.20 Å². The van der Waals surface area contributed by atoms with Crippen LogP contribution in [-0.2, 0) is 7.05 Å². The Labute approximate surface area is 116 Å². The predicted octanol–water partition coefficient (Wildman–Crippen LogP) is 1.82. The van der Waals surface area contributed by atoms with Crippen molar-refractivity contribution < 1.29 is 4.79 Å². The summed E-state index contributed by atoms with van der Waals surface area (Å²) < 4.78 is 2.38. The number of aromatic amines is 1. The van der Waals surface area contributed by atoms with E-state index in [2.05, 4.69) is 31.0 Å². The first-order valence-corrected chi connectivity index (χ1v) is 6.31. The smallest absolute Gasteiger partial charge is 0.252 e. The molecule has 0 spiro atoms. The molecule has 0 aliphatic carbocycles. The second-order valence-corrected chi connectivity index (χ2v) is 4.95. The maximum Gasteiger partial charge on any atom is 0.252 e. The summed E-state index contributed by atoms with van der Waals surface area (Å²) in [6.45, 7) is 0. The lowest BCUT2D eigenvalue weighted by Gasteiger charge is -1.98. The second-order valence-electron chi connectivity index (χ2n) is 4.20. The molecule has 3 N–H and O–H groups in total. The van der Waals surface area contributed by atoms with E-state index in [1.54, 1.807) is 10.9 Å². The SMILES string of the molecule is Cn1cc(-c2cc3c(Br)ncc(C(N)=O)c3[nH]2)cn1. The van der Waals surface area contributed by atoms with Gasteiger partial charge in [-0.2, -0.15) is 5.10 Å². The Morgan fingerprint density at radius 3 is 2.89 bits per heavy atom. The number of halogens is 1. The van der Waals surface area contributed by atoms with Crippen LogP contribution in [0.1, 0.15) is 10.4 Å². The van der Waals surface area contributed by atoms with Crippen LogP contribution >= 0.6 is 15.9 Å². The fraction of sp³-hybridized carbons (Fsp3) is 0.0833. The van der Waals surface area contributed by atoms with E-state index in [4.69, 9.17) is 5.73 Å². The highest BCUT2D eigenvalue weighted by atomic mass is 79.9. The van der Waals surface area contributed by atoms with Crippen LogP contribution in [0.15, 0.2) is 29.3 Å². The fourth-order valence-corrected chi connectivity index (χ4v) is 2.40. The van der Waals surface area contributed by atoms with Crippen molar-refractivity contribution in [3.63, 3.8) is 0 Å². The average molecular weight is 320 g/mol. The topological polar surface area (TPSA) is 89.6 Å². The molecule has 0 aliphatic heterocycles. The number of aromatic nitrogens is 4. The lowest BCUT2D eigenvalue weighted by atomic mass is 10.2. The number of rotatable bonds is 2. The van der Waals surface area contributed by atoms with Crippen LogP contribution in [0.4, 0.5) is 0 Å². The maximum atomic E-state index is 11.4. The van der Waals surface area contributed by atoms with Gasteiger partial charge in [-0.25, -0.2) is 4.98 Å². The molecule has 0 saturated carbocycles. The van der Waals surface area contributed by atoms with Crippen molar-refractivity contribution in [1.82, 2.24) is 19.7 Å². The Morgan fingerprint density at radius 2 is 2.26 bits per heavy atom. The lowest BCUT2D eigenvalue weighted by Crippen LogP contribution is -2.12. The molecule has 0 atom stereocenters. The van der Waals surface area contributed by atoms with Crippen LogP contribution in [0.3, 0.4) is 0 Å². The molecule has 0 radical (unpaired) electrons. The summed E-state index contributed by atoms with van der Waals surface area (Å²) in [6.07, 6.45) is 5.09. The number of hydrogen-bond acceptors (Lipinski definition) is 3. The summed E-state index contributed by atoms with van der Waals surface area (Å²) in [4.78, 5) is 18.7. The normalized spacial score (nSPS) is 11.1. The van der Waals surface area contributed by atoms with Gasteiger partial charge in [-0.3, -0.25) is 9.48 Å². The van der Waals surface area contributed by atoms with Gasteiger partial charge in [0.15, 0.2) is 0 Å². The molecule has 0 aromatic carbocycles. The highest BCUT2D eigenvalue weighted by molar-refractivity contribution is 9.10. The van der Waals surface area contributed by atoms with Gasteiger partial charge in [-0.05, 0) is 22.0 Å². The van der Waals surface area contributed by atoms with Crippen molar-refractivity contribution in [1.29, 1.82) is 0 Å². The van der Waals surface area contributed by atoms with Crippen LogP contribution in [0, 0.1) is 0 Å². The molecular weight excluding hydrogens is 310 g/mol. The molecule has 19 heavy (non-hydrogen) atoms. The van der Waals surface area contributed by atoms with Crippen molar-refractivity contribution in [2.45, 2.75) is 0 Å². The zero-order valence-electron chi connectivity index (χ0n) is 10.0. The lowest BCUT2D eigenvalue weighted by molar-refractivity contribution is 0.100. The van der Waals surface area contributed by atoms with E-state index in [-0.39, 0.29) is 0 Å². The van der Waals surface area contributed by atoms with Crippen LogP contribution in [0.5, 0.6) is 0 Å². The molecule has 96 valence electrons. The predicted molar refractivity (Wildman–Crippen MR) is 74.5 cm³/mol. The van der Waals surface area contributed by atoms with E-state index in [1.807, 2.05) is 19.3 Å². The van der Waals surface area contributed by atoms with Crippen molar-refractivity contribution in [3.8, 4) is 11.3 Å². The summed E-state index contributed by atoms with van der Waals surface area (Å²) in [6, 6.07) is 1.91. The second kappa shape index (κ2) is 4.20. The van der Waals surface area contributed by atoms with Gasteiger partial charge >= 0.3 is 0 Å². The maximum absolute atomic E-state index is 11.4. The van der Waals surface area contributed by atoms with Crippen LogP contribution in [0.2, 0.25) is 0 Å². The van der Waals surface area contributed by atoms with E-state index >= 15 is 0 Å². The van der Waals surface area contributed by atoms with Crippen molar-refractivity contribution in [2.24, 2.45) is 12.8 Å². The minimum Gasteiger partial charge on any atom is -0.365 e. The van der Waals surface area contributed by atoms with E-state index in [0.717, 1.165) is 16.6 Å².